The van der Waals surface area contributed by atoms with Gasteiger partial charge in [0, 0.05) is 46.5 Å². The molecule has 0 saturated carbocycles. The molecule has 0 aliphatic carbocycles. The first-order valence-corrected chi connectivity index (χ1v) is 13.3. The summed E-state index contributed by atoms with van der Waals surface area (Å²) in [5.41, 5.74) is 4.52. The molecule has 3 aromatic carbocycles. The van der Waals surface area contributed by atoms with Crippen LogP contribution in [0.5, 0.6) is 0 Å². The minimum Gasteiger partial charge on any atom is -0.349 e. The zero-order valence-corrected chi connectivity index (χ0v) is 22.1. The van der Waals surface area contributed by atoms with Gasteiger partial charge in [0.15, 0.2) is 0 Å². The van der Waals surface area contributed by atoms with Crippen LogP contribution in [0.15, 0.2) is 95.7 Å². The number of hydrogen-bond donors (Lipinski definition) is 1. The first-order chi connectivity index (χ1) is 18.6. The van der Waals surface area contributed by atoms with Crippen molar-refractivity contribution in [2.24, 2.45) is 0 Å². The van der Waals surface area contributed by atoms with Crippen LogP contribution in [0, 0.1) is 5.82 Å². The molecule has 38 heavy (non-hydrogen) atoms. The van der Waals surface area contributed by atoms with Crippen molar-refractivity contribution in [1.82, 2.24) is 24.6 Å². The zero-order chi connectivity index (χ0) is 26.1. The van der Waals surface area contributed by atoms with E-state index in [0.717, 1.165) is 45.5 Å². The molecule has 1 amide bonds. The number of carbonyl (C=O) groups excluding carboxylic acids is 1. The maximum atomic E-state index is 14.7. The molecule has 8 heteroatoms. The highest BCUT2D eigenvalue weighted by atomic mass is 79.9. The molecule has 1 aliphatic rings. The second-order valence-corrected chi connectivity index (χ2v) is 10.2. The van der Waals surface area contributed by atoms with E-state index < -0.39 is 0 Å². The van der Waals surface area contributed by atoms with Crippen LogP contribution in [0.25, 0.3) is 11.3 Å². The van der Waals surface area contributed by atoms with Gasteiger partial charge in [-0.15, -0.1) is 0 Å². The first-order valence-electron chi connectivity index (χ1n) is 12.5. The van der Waals surface area contributed by atoms with Gasteiger partial charge in [-0.1, -0.05) is 76.6 Å². The summed E-state index contributed by atoms with van der Waals surface area (Å²) in [4.78, 5) is 23.5. The first kappa shape index (κ1) is 24.3. The number of halogens is 2. The van der Waals surface area contributed by atoms with Gasteiger partial charge in [-0.2, -0.15) is 5.10 Å². The Bertz CT molecular complexity index is 1560. The molecule has 2 aromatic heterocycles. The van der Waals surface area contributed by atoms with E-state index in [-0.39, 0.29) is 24.3 Å². The summed E-state index contributed by atoms with van der Waals surface area (Å²) >= 11 is 3.53. The fourth-order valence-electron chi connectivity index (χ4n) is 5.16. The van der Waals surface area contributed by atoms with Crippen molar-refractivity contribution in [3.8, 4) is 11.3 Å². The molecule has 0 bridgehead atoms. The molecule has 1 N–H and O–H groups in total. The number of nitrogens with one attached hydrogen (secondary N) is 1. The Kier molecular flexibility index (Phi) is 6.64. The second-order valence-electron chi connectivity index (χ2n) is 9.32. The number of fused-ring (bicyclic) bond motifs is 1. The van der Waals surface area contributed by atoms with Gasteiger partial charge in [-0.3, -0.25) is 9.48 Å². The van der Waals surface area contributed by atoms with Crippen molar-refractivity contribution in [1.29, 1.82) is 0 Å². The van der Waals surface area contributed by atoms with E-state index in [1.165, 1.54) is 6.07 Å². The third kappa shape index (κ3) is 4.56. The number of nitrogens with zero attached hydrogens (tertiary/aromatic N) is 4. The third-order valence-corrected chi connectivity index (χ3v) is 7.44. The van der Waals surface area contributed by atoms with E-state index in [9.17, 15) is 9.18 Å². The van der Waals surface area contributed by atoms with E-state index in [4.69, 9.17) is 5.10 Å². The van der Waals surface area contributed by atoms with Crippen molar-refractivity contribution in [2.75, 3.05) is 6.54 Å². The monoisotopic (exact) mass is 569 g/mol. The van der Waals surface area contributed by atoms with Crippen LogP contribution >= 0.6 is 15.9 Å². The quantitative estimate of drug-likeness (QED) is 0.235. The van der Waals surface area contributed by atoms with Crippen LogP contribution in [0.1, 0.15) is 45.5 Å². The standard InChI is InChI=1S/C30H25BrFN5O/c31-23-14-12-21(13-15-23)28-26-27(20-7-2-1-3-8-20)35-37(19-22-9-4-5-10-24(22)32)29(26)30(38)36(28)18-6-11-25-33-16-17-34-25/h1-5,7-10,12-17,28H,6,11,18-19H2,(H,33,34). The van der Waals surface area contributed by atoms with Crippen molar-refractivity contribution < 1.29 is 9.18 Å². The number of H-pyrrole nitrogens is 1. The lowest BCUT2D eigenvalue weighted by atomic mass is 9.96. The molecular formula is C30H25BrFN5O. The highest BCUT2D eigenvalue weighted by Crippen LogP contribution is 2.44. The lowest BCUT2D eigenvalue weighted by Crippen LogP contribution is -2.31. The highest BCUT2D eigenvalue weighted by Gasteiger charge is 2.43. The molecule has 190 valence electrons. The summed E-state index contributed by atoms with van der Waals surface area (Å²) in [6.45, 7) is 0.712. The molecular weight excluding hydrogens is 545 g/mol. The van der Waals surface area contributed by atoms with Gasteiger partial charge in [-0.25, -0.2) is 9.37 Å². The maximum Gasteiger partial charge on any atom is 0.273 e. The molecule has 0 radical (unpaired) electrons. The topological polar surface area (TPSA) is 66.8 Å². The second kappa shape index (κ2) is 10.4. The number of imidazole rings is 1. The molecule has 1 aliphatic heterocycles. The normalized spacial score (nSPS) is 14.7. The molecule has 0 saturated heterocycles. The average molecular weight is 570 g/mol. The van der Waals surface area contributed by atoms with Crippen LogP contribution in [0.4, 0.5) is 4.39 Å². The minimum absolute atomic E-state index is 0.0987. The van der Waals surface area contributed by atoms with Gasteiger partial charge in [0.1, 0.15) is 17.3 Å². The Labute approximate surface area is 228 Å². The third-order valence-electron chi connectivity index (χ3n) is 6.92. The SMILES string of the molecule is O=C1c2c(c(-c3ccccc3)nn2Cc2ccccc2F)C(c2ccc(Br)cc2)N1CCCc1ncc[nH]1. The fraction of sp³-hybridized carbons (Fsp3) is 0.167. The number of benzene rings is 3. The largest absolute Gasteiger partial charge is 0.349 e. The van der Waals surface area contributed by atoms with Crippen LogP contribution in [0.2, 0.25) is 0 Å². The number of carbonyl (C=O) groups is 1. The molecule has 5 aromatic rings. The van der Waals surface area contributed by atoms with Crippen LogP contribution in [0.3, 0.4) is 0 Å². The summed E-state index contributed by atoms with van der Waals surface area (Å²) in [5, 5.41) is 4.92. The van der Waals surface area contributed by atoms with Gasteiger partial charge in [-0.05, 0) is 30.2 Å². The van der Waals surface area contributed by atoms with Gasteiger partial charge in [0.05, 0.1) is 18.3 Å². The molecule has 1 unspecified atom stereocenters. The summed E-state index contributed by atoms with van der Waals surface area (Å²) in [6.07, 6.45) is 5.02. The van der Waals surface area contributed by atoms with Crippen LogP contribution in [-0.2, 0) is 13.0 Å². The Morgan fingerprint density at radius 2 is 1.74 bits per heavy atom. The summed E-state index contributed by atoms with van der Waals surface area (Å²) in [7, 11) is 0. The number of rotatable bonds is 8. The maximum absolute atomic E-state index is 14.7. The van der Waals surface area contributed by atoms with Crippen molar-refractivity contribution in [2.45, 2.75) is 25.4 Å². The average Bonchev–Trinajstić information content (AvgIpc) is 3.65. The molecule has 0 fully saturated rings. The van der Waals surface area contributed by atoms with E-state index in [1.807, 2.05) is 59.5 Å². The van der Waals surface area contributed by atoms with Crippen molar-refractivity contribution >= 4 is 21.8 Å². The van der Waals surface area contributed by atoms with E-state index >= 15 is 0 Å². The van der Waals surface area contributed by atoms with E-state index in [0.29, 0.717) is 17.8 Å². The minimum atomic E-state index is -0.316. The predicted octanol–water partition coefficient (Wildman–Crippen LogP) is 6.40. The molecule has 6 nitrogen and oxygen atoms in total. The van der Waals surface area contributed by atoms with Crippen LogP contribution < -0.4 is 0 Å². The van der Waals surface area contributed by atoms with E-state index in [1.54, 1.807) is 35.3 Å². The van der Waals surface area contributed by atoms with Crippen molar-refractivity contribution in [3.63, 3.8) is 0 Å². The number of aromatic nitrogens is 4. The van der Waals surface area contributed by atoms with Crippen LogP contribution in [-0.4, -0.2) is 37.1 Å². The Balaban J connectivity index is 1.47. The Hall–Kier alpha value is -4.04. The van der Waals surface area contributed by atoms with E-state index in [2.05, 4.69) is 25.9 Å². The highest BCUT2D eigenvalue weighted by molar-refractivity contribution is 9.10. The van der Waals surface area contributed by atoms with Gasteiger partial charge < -0.3 is 9.88 Å². The summed E-state index contributed by atoms with van der Waals surface area (Å²) in [6, 6.07) is 24.3. The van der Waals surface area contributed by atoms with Gasteiger partial charge >= 0.3 is 0 Å². The number of aryl methyl sites for hydroxylation is 1. The Morgan fingerprint density at radius 3 is 2.47 bits per heavy atom. The summed E-state index contributed by atoms with van der Waals surface area (Å²) in [5.74, 6) is 0.478. The number of aromatic amines is 1. The van der Waals surface area contributed by atoms with Crippen molar-refractivity contribution in [3.05, 3.63) is 130 Å². The predicted molar refractivity (Wildman–Crippen MR) is 147 cm³/mol. The number of amides is 1. The Morgan fingerprint density at radius 1 is 0.974 bits per heavy atom. The lowest BCUT2D eigenvalue weighted by molar-refractivity contribution is 0.0736. The molecule has 1 atom stereocenters. The fourth-order valence-corrected chi connectivity index (χ4v) is 5.42. The summed E-state index contributed by atoms with van der Waals surface area (Å²) < 4.78 is 17.3. The van der Waals surface area contributed by atoms with Gasteiger partial charge in [0.25, 0.3) is 5.91 Å². The van der Waals surface area contributed by atoms with Gasteiger partial charge in [0.2, 0.25) is 0 Å². The smallest absolute Gasteiger partial charge is 0.273 e. The molecule has 6 rings (SSSR count). The lowest BCUT2D eigenvalue weighted by Gasteiger charge is -2.26. The molecule has 3 heterocycles. The molecule has 0 spiro atoms. The number of hydrogen-bond acceptors (Lipinski definition) is 3. The zero-order valence-electron chi connectivity index (χ0n) is 20.5.